The number of rotatable bonds is 2. The zero-order valence-corrected chi connectivity index (χ0v) is 6.05. The zero-order valence-electron chi connectivity index (χ0n) is 6.05. The first kappa shape index (κ1) is 5.78. The molecule has 0 spiro atoms. The van der Waals surface area contributed by atoms with Gasteiger partial charge in [0.25, 0.3) is 0 Å². The minimum Gasteiger partial charge on any atom is -0.494 e. The van der Waals surface area contributed by atoms with Gasteiger partial charge in [0.05, 0.1) is 6.61 Å². The number of ether oxygens (including phenoxy) is 1. The summed E-state index contributed by atoms with van der Waals surface area (Å²) in [4.78, 5) is 0. The first-order valence-corrected chi connectivity index (χ1v) is 3.64. The van der Waals surface area contributed by atoms with Crippen molar-refractivity contribution in [2.45, 2.75) is 13.3 Å². The molecule has 1 aromatic carbocycles. The summed E-state index contributed by atoms with van der Waals surface area (Å²) in [5.74, 6) is 1.03. The maximum Gasteiger partial charge on any atom is 0.119 e. The fourth-order valence-corrected chi connectivity index (χ4v) is 1.29. The number of fused-ring (bicyclic) bond motifs is 2. The second-order valence-electron chi connectivity index (χ2n) is 2.60. The predicted octanol–water partition coefficient (Wildman–Crippen LogP) is 1.99. The van der Waals surface area contributed by atoms with Crippen LogP contribution in [0.25, 0.3) is 0 Å². The van der Waals surface area contributed by atoms with Crippen LogP contribution in [-0.4, -0.2) is 6.61 Å². The summed E-state index contributed by atoms with van der Waals surface area (Å²) >= 11 is 0. The van der Waals surface area contributed by atoms with Crippen molar-refractivity contribution in [3.63, 3.8) is 0 Å². The van der Waals surface area contributed by atoms with Crippen LogP contribution in [0.4, 0.5) is 0 Å². The summed E-state index contributed by atoms with van der Waals surface area (Å²) in [7, 11) is 0. The molecule has 0 atom stereocenters. The molecule has 2 bridgehead atoms. The van der Waals surface area contributed by atoms with Gasteiger partial charge in [-0.3, -0.25) is 0 Å². The van der Waals surface area contributed by atoms with Crippen LogP contribution in [0.2, 0.25) is 0 Å². The summed E-state index contributed by atoms with van der Waals surface area (Å²) in [5, 5.41) is 0. The number of hydrogen-bond acceptors (Lipinski definition) is 1. The van der Waals surface area contributed by atoms with E-state index in [1.807, 2.05) is 6.92 Å². The summed E-state index contributed by atoms with van der Waals surface area (Å²) in [6.07, 6.45) is 1.15. The third kappa shape index (κ3) is 0.783. The Kier molecular flexibility index (Phi) is 1.16. The molecule has 0 radical (unpaired) electrons. The standard InChI is InChI=1S/C9H10O/c1-2-10-9-5-7-3-8(4-7)6-9/h3,5-6H,2,4H2,1H3. The summed E-state index contributed by atoms with van der Waals surface area (Å²) in [6.45, 7) is 2.77. The molecule has 1 heteroatoms. The van der Waals surface area contributed by atoms with Gasteiger partial charge >= 0.3 is 0 Å². The smallest absolute Gasteiger partial charge is 0.119 e. The Bertz CT molecular complexity index is 233. The molecule has 0 fully saturated rings. The van der Waals surface area contributed by atoms with Gasteiger partial charge in [-0.25, -0.2) is 0 Å². The quantitative estimate of drug-likeness (QED) is 0.610. The number of hydrogen-bond donors (Lipinski definition) is 0. The molecule has 2 aliphatic rings. The van der Waals surface area contributed by atoms with Crippen molar-refractivity contribution in [3.05, 3.63) is 29.3 Å². The highest BCUT2D eigenvalue weighted by Gasteiger charge is 2.10. The molecule has 0 heterocycles. The largest absolute Gasteiger partial charge is 0.494 e. The Morgan fingerprint density at radius 3 is 2.40 bits per heavy atom. The van der Waals surface area contributed by atoms with Crippen molar-refractivity contribution in [1.29, 1.82) is 0 Å². The highest BCUT2D eigenvalue weighted by atomic mass is 16.5. The van der Waals surface area contributed by atoms with E-state index in [-0.39, 0.29) is 0 Å². The van der Waals surface area contributed by atoms with Crippen LogP contribution in [0.5, 0.6) is 5.75 Å². The molecule has 0 saturated carbocycles. The van der Waals surface area contributed by atoms with Crippen LogP contribution in [0.3, 0.4) is 0 Å². The lowest BCUT2D eigenvalue weighted by Gasteiger charge is -2.16. The Hall–Kier alpha value is -0.980. The van der Waals surface area contributed by atoms with Crippen LogP contribution in [0.15, 0.2) is 18.2 Å². The minimum absolute atomic E-state index is 0.767. The first-order valence-electron chi connectivity index (χ1n) is 3.64. The molecular weight excluding hydrogens is 124 g/mol. The van der Waals surface area contributed by atoms with Gasteiger partial charge in [-0.05, 0) is 36.6 Å². The molecular formula is C9H10O. The highest BCUT2D eigenvalue weighted by molar-refractivity contribution is 5.44. The second kappa shape index (κ2) is 2.01. The van der Waals surface area contributed by atoms with Crippen molar-refractivity contribution in [3.8, 4) is 5.75 Å². The summed E-state index contributed by atoms with van der Waals surface area (Å²) < 4.78 is 5.33. The molecule has 0 N–H and O–H groups in total. The molecule has 3 rings (SSSR count). The van der Waals surface area contributed by atoms with E-state index in [0.29, 0.717) is 0 Å². The Balaban J connectivity index is 2.25. The normalized spacial score (nSPS) is 12.5. The lowest BCUT2D eigenvalue weighted by atomic mass is 9.93. The first-order chi connectivity index (χ1) is 4.88. The summed E-state index contributed by atoms with van der Waals surface area (Å²) in [6, 6.07) is 6.41. The van der Waals surface area contributed by atoms with E-state index >= 15 is 0 Å². The predicted molar refractivity (Wildman–Crippen MR) is 40.4 cm³/mol. The minimum atomic E-state index is 0.767. The van der Waals surface area contributed by atoms with Gasteiger partial charge in [-0.15, -0.1) is 0 Å². The van der Waals surface area contributed by atoms with Crippen LogP contribution in [0, 0.1) is 0 Å². The average molecular weight is 134 g/mol. The summed E-state index contributed by atoms with van der Waals surface area (Å²) in [5.41, 5.74) is 2.81. The molecule has 10 heavy (non-hydrogen) atoms. The van der Waals surface area contributed by atoms with Crippen molar-refractivity contribution < 1.29 is 4.74 Å². The van der Waals surface area contributed by atoms with E-state index in [9.17, 15) is 0 Å². The lowest BCUT2D eigenvalue weighted by molar-refractivity contribution is 0.339. The molecule has 1 nitrogen and oxygen atoms in total. The van der Waals surface area contributed by atoms with Crippen molar-refractivity contribution >= 4 is 0 Å². The zero-order chi connectivity index (χ0) is 6.97. The Morgan fingerprint density at radius 2 is 1.90 bits per heavy atom. The lowest BCUT2D eigenvalue weighted by Crippen LogP contribution is -2.02. The average Bonchev–Trinajstić information content (AvgIpc) is 1.87. The molecule has 0 aliphatic heterocycles. The van der Waals surface area contributed by atoms with Gasteiger partial charge in [-0.2, -0.15) is 0 Å². The van der Waals surface area contributed by atoms with Crippen LogP contribution >= 0.6 is 0 Å². The van der Waals surface area contributed by atoms with E-state index in [4.69, 9.17) is 4.74 Å². The molecule has 2 aliphatic carbocycles. The van der Waals surface area contributed by atoms with Crippen molar-refractivity contribution in [2.24, 2.45) is 0 Å². The topological polar surface area (TPSA) is 9.23 Å². The van der Waals surface area contributed by atoms with Crippen molar-refractivity contribution in [1.82, 2.24) is 0 Å². The van der Waals surface area contributed by atoms with Gasteiger partial charge in [0, 0.05) is 0 Å². The molecule has 0 unspecified atom stereocenters. The third-order valence-corrected chi connectivity index (χ3v) is 1.75. The molecule has 1 aromatic rings. The van der Waals surface area contributed by atoms with E-state index in [1.165, 1.54) is 11.1 Å². The van der Waals surface area contributed by atoms with E-state index in [2.05, 4.69) is 18.2 Å². The second-order valence-corrected chi connectivity index (χ2v) is 2.60. The molecule has 0 aromatic heterocycles. The van der Waals surface area contributed by atoms with Gasteiger partial charge in [0.2, 0.25) is 0 Å². The van der Waals surface area contributed by atoms with E-state index in [0.717, 1.165) is 18.8 Å². The Labute approximate surface area is 60.6 Å². The van der Waals surface area contributed by atoms with Crippen LogP contribution in [0.1, 0.15) is 18.1 Å². The number of benzene rings is 1. The SMILES string of the molecule is CCOc1cc2cc(c1)C2. The van der Waals surface area contributed by atoms with Crippen LogP contribution < -0.4 is 4.74 Å². The fourth-order valence-electron chi connectivity index (χ4n) is 1.29. The van der Waals surface area contributed by atoms with E-state index < -0.39 is 0 Å². The maximum atomic E-state index is 5.33. The molecule has 52 valence electrons. The molecule has 0 amide bonds. The third-order valence-electron chi connectivity index (χ3n) is 1.75. The van der Waals surface area contributed by atoms with Gasteiger partial charge in [-0.1, -0.05) is 6.07 Å². The fraction of sp³-hybridized carbons (Fsp3) is 0.333. The van der Waals surface area contributed by atoms with Crippen LogP contribution in [-0.2, 0) is 6.42 Å². The Morgan fingerprint density at radius 1 is 1.30 bits per heavy atom. The van der Waals surface area contributed by atoms with Crippen molar-refractivity contribution in [2.75, 3.05) is 6.61 Å². The van der Waals surface area contributed by atoms with E-state index in [1.54, 1.807) is 0 Å². The van der Waals surface area contributed by atoms with Gasteiger partial charge in [0.15, 0.2) is 0 Å². The monoisotopic (exact) mass is 134 g/mol. The molecule has 0 saturated heterocycles. The highest BCUT2D eigenvalue weighted by Crippen LogP contribution is 2.27. The maximum absolute atomic E-state index is 5.33. The van der Waals surface area contributed by atoms with Gasteiger partial charge < -0.3 is 4.74 Å². The van der Waals surface area contributed by atoms with Gasteiger partial charge in [0.1, 0.15) is 5.75 Å².